The van der Waals surface area contributed by atoms with Crippen LogP contribution in [0.3, 0.4) is 0 Å². The lowest BCUT2D eigenvalue weighted by atomic mass is 10.1. The van der Waals surface area contributed by atoms with Crippen LogP contribution >= 0.6 is 0 Å². The van der Waals surface area contributed by atoms with Gasteiger partial charge in [0.15, 0.2) is 6.10 Å². The molecule has 9 nitrogen and oxygen atoms in total. The average Bonchev–Trinajstić information content (AvgIpc) is 3.20. The fourth-order valence-corrected chi connectivity index (χ4v) is 3.24. The quantitative estimate of drug-likeness (QED) is 0.423. The third-order valence-corrected chi connectivity index (χ3v) is 4.88. The summed E-state index contributed by atoms with van der Waals surface area (Å²) in [5.74, 6) is 0.155. The molecule has 0 bridgehead atoms. The molecule has 9 heteroatoms. The minimum atomic E-state index is -0.504. The highest BCUT2D eigenvalue weighted by atomic mass is 16.6. The third-order valence-electron chi connectivity index (χ3n) is 4.88. The average molecular weight is 432 g/mol. The highest BCUT2D eigenvalue weighted by Gasteiger charge is 2.33. The first-order valence-corrected chi connectivity index (χ1v) is 9.84. The smallest absolute Gasteiger partial charge is 0.414 e. The minimum absolute atomic E-state index is 0.129. The molecule has 0 radical (unpaired) electrons. The summed E-state index contributed by atoms with van der Waals surface area (Å²) in [5.41, 5.74) is 8.14. The zero-order chi connectivity index (χ0) is 22.5. The van der Waals surface area contributed by atoms with Crippen molar-refractivity contribution in [2.75, 3.05) is 29.1 Å². The number of anilines is 3. The Bertz CT molecular complexity index is 1150. The van der Waals surface area contributed by atoms with Crippen LogP contribution in [0, 0.1) is 4.91 Å². The molecule has 0 saturated carbocycles. The summed E-state index contributed by atoms with van der Waals surface area (Å²) in [6.07, 6.45) is -0.990. The van der Waals surface area contributed by atoms with Gasteiger partial charge < -0.3 is 20.5 Å². The fraction of sp³-hybridized carbons (Fsp3) is 0.130. The number of nitrogens with two attached hydrogens (primary N) is 1. The van der Waals surface area contributed by atoms with Crippen molar-refractivity contribution in [3.05, 3.63) is 83.3 Å². The van der Waals surface area contributed by atoms with Gasteiger partial charge in [0.05, 0.1) is 17.9 Å². The number of carbonyl (C=O) groups is 2. The van der Waals surface area contributed by atoms with Crippen LogP contribution in [0.15, 0.2) is 78.0 Å². The van der Waals surface area contributed by atoms with E-state index in [-0.39, 0.29) is 24.7 Å². The highest BCUT2D eigenvalue weighted by molar-refractivity contribution is 6.06. The molecular formula is C23H20N4O5. The van der Waals surface area contributed by atoms with Crippen LogP contribution in [0.5, 0.6) is 5.75 Å². The van der Waals surface area contributed by atoms with Gasteiger partial charge in [-0.2, -0.15) is 0 Å². The SMILES string of the molecule is Nc1ccccc1NC(=O)c1ccc(N2CC(COc3cccc(N=O)c3)OC2=O)cc1. The van der Waals surface area contributed by atoms with Crippen molar-refractivity contribution >= 4 is 34.7 Å². The van der Waals surface area contributed by atoms with Gasteiger partial charge in [0.1, 0.15) is 18.0 Å². The van der Waals surface area contributed by atoms with Gasteiger partial charge in [0.2, 0.25) is 0 Å². The Morgan fingerprint density at radius 1 is 1.12 bits per heavy atom. The lowest BCUT2D eigenvalue weighted by Crippen LogP contribution is -2.26. The lowest BCUT2D eigenvalue weighted by molar-refractivity contribution is 0.102. The number of benzene rings is 3. The summed E-state index contributed by atoms with van der Waals surface area (Å²) in [6, 6.07) is 20.0. The van der Waals surface area contributed by atoms with Crippen molar-refractivity contribution in [3.63, 3.8) is 0 Å². The van der Waals surface area contributed by atoms with Crippen molar-refractivity contribution in [2.45, 2.75) is 6.10 Å². The molecule has 3 aromatic carbocycles. The molecular weight excluding hydrogens is 412 g/mol. The second-order valence-electron chi connectivity index (χ2n) is 7.10. The van der Waals surface area contributed by atoms with E-state index in [2.05, 4.69) is 10.5 Å². The maximum Gasteiger partial charge on any atom is 0.414 e. The Kier molecular flexibility index (Phi) is 5.98. The summed E-state index contributed by atoms with van der Waals surface area (Å²) < 4.78 is 11.0. The van der Waals surface area contributed by atoms with Crippen molar-refractivity contribution in [3.8, 4) is 5.75 Å². The van der Waals surface area contributed by atoms with Crippen LogP contribution in [0.2, 0.25) is 0 Å². The van der Waals surface area contributed by atoms with E-state index in [1.54, 1.807) is 66.7 Å². The number of rotatable bonds is 7. The van der Waals surface area contributed by atoms with Crippen LogP contribution < -0.4 is 20.7 Å². The van der Waals surface area contributed by atoms with Crippen LogP contribution in [0.25, 0.3) is 0 Å². The van der Waals surface area contributed by atoms with Gasteiger partial charge in [-0.05, 0) is 53.7 Å². The fourth-order valence-electron chi connectivity index (χ4n) is 3.24. The molecule has 1 aliphatic heterocycles. The molecule has 3 N–H and O–H groups in total. The van der Waals surface area contributed by atoms with Crippen LogP contribution in [0.1, 0.15) is 10.4 Å². The lowest BCUT2D eigenvalue weighted by Gasteiger charge is -2.14. The monoisotopic (exact) mass is 432 g/mol. The van der Waals surface area contributed by atoms with Crippen LogP contribution in [-0.2, 0) is 4.74 Å². The number of nitrogens with one attached hydrogen (secondary N) is 1. The molecule has 162 valence electrons. The summed E-state index contributed by atoms with van der Waals surface area (Å²) in [6.45, 7) is 0.417. The molecule has 2 amide bonds. The van der Waals surface area contributed by atoms with Gasteiger partial charge >= 0.3 is 6.09 Å². The number of cyclic esters (lactones) is 1. The second kappa shape index (κ2) is 9.17. The van der Waals surface area contributed by atoms with Gasteiger partial charge in [-0.1, -0.05) is 18.2 Å². The number of nitroso groups, excluding NO2 is 1. The summed E-state index contributed by atoms with van der Waals surface area (Å²) >= 11 is 0. The Morgan fingerprint density at radius 3 is 2.66 bits per heavy atom. The molecule has 1 atom stereocenters. The second-order valence-corrected chi connectivity index (χ2v) is 7.10. The molecule has 32 heavy (non-hydrogen) atoms. The largest absolute Gasteiger partial charge is 0.490 e. The van der Waals surface area contributed by atoms with E-state index >= 15 is 0 Å². The van der Waals surface area contributed by atoms with E-state index < -0.39 is 12.2 Å². The van der Waals surface area contributed by atoms with Crippen molar-refractivity contribution in [1.29, 1.82) is 0 Å². The number of hydrogen-bond donors (Lipinski definition) is 2. The molecule has 1 fully saturated rings. The molecule has 1 unspecified atom stereocenters. The molecule has 0 aromatic heterocycles. The topological polar surface area (TPSA) is 123 Å². The first-order chi connectivity index (χ1) is 15.5. The number of nitrogens with zero attached hydrogens (tertiary/aromatic N) is 2. The number of ether oxygens (including phenoxy) is 2. The van der Waals surface area contributed by atoms with Gasteiger partial charge in [-0.25, -0.2) is 4.79 Å². The third kappa shape index (κ3) is 4.67. The molecule has 0 spiro atoms. The number of para-hydroxylation sites is 2. The standard InChI is InChI=1S/C23H20N4O5/c24-20-6-1-2-7-21(20)25-22(28)15-8-10-17(11-9-15)27-13-19(32-23(27)29)14-31-18-5-3-4-16(12-18)26-30/h1-12,19H,13-14,24H2,(H,25,28). The number of nitrogen functional groups attached to an aromatic ring is 1. The van der Waals surface area contributed by atoms with E-state index in [1.165, 1.54) is 11.0 Å². The Labute approximate surface area is 183 Å². The zero-order valence-corrected chi connectivity index (χ0v) is 16.9. The van der Waals surface area contributed by atoms with E-state index in [0.717, 1.165) is 0 Å². The maximum absolute atomic E-state index is 12.5. The Balaban J connectivity index is 1.36. The Morgan fingerprint density at radius 2 is 1.91 bits per heavy atom. The van der Waals surface area contributed by atoms with Crippen molar-refractivity contribution in [1.82, 2.24) is 0 Å². The highest BCUT2D eigenvalue weighted by Crippen LogP contribution is 2.25. The molecule has 0 aliphatic carbocycles. The summed E-state index contributed by atoms with van der Waals surface area (Å²) in [4.78, 5) is 36.8. The molecule has 3 aromatic rings. The zero-order valence-electron chi connectivity index (χ0n) is 16.9. The van der Waals surface area contributed by atoms with Crippen LogP contribution in [-0.4, -0.2) is 31.3 Å². The summed E-state index contributed by atoms with van der Waals surface area (Å²) in [5, 5.41) is 5.62. The van der Waals surface area contributed by atoms with Gasteiger partial charge in [0, 0.05) is 17.3 Å². The van der Waals surface area contributed by atoms with Gasteiger partial charge in [-0.15, -0.1) is 4.91 Å². The minimum Gasteiger partial charge on any atom is -0.490 e. The van der Waals surface area contributed by atoms with E-state index in [9.17, 15) is 14.5 Å². The predicted octanol–water partition coefficient (Wildman–Crippen LogP) is 4.32. The number of carbonyl (C=O) groups excluding carboxylic acids is 2. The number of hydrogen-bond acceptors (Lipinski definition) is 7. The van der Waals surface area contributed by atoms with Gasteiger partial charge in [0.25, 0.3) is 5.91 Å². The maximum atomic E-state index is 12.5. The molecule has 1 aliphatic rings. The first-order valence-electron chi connectivity index (χ1n) is 9.84. The van der Waals surface area contributed by atoms with E-state index in [0.29, 0.717) is 28.4 Å². The first kappa shape index (κ1) is 20.9. The van der Waals surface area contributed by atoms with Crippen LogP contribution in [0.4, 0.5) is 27.5 Å². The van der Waals surface area contributed by atoms with Crippen molar-refractivity contribution < 1.29 is 19.1 Å². The van der Waals surface area contributed by atoms with Crippen molar-refractivity contribution in [2.24, 2.45) is 5.18 Å². The molecule has 1 saturated heterocycles. The van der Waals surface area contributed by atoms with E-state index in [4.69, 9.17) is 15.2 Å². The molecule has 4 rings (SSSR count). The summed E-state index contributed by atoms with van der Waals surface area (Å²) in [7, 11) is 0. The predicted molar refractivity (Wildman–Crippen MR) is 120 cm³/mol. The molecule has 1 heterocycles. The van der Waals surface area contributed by atoms with Gasteiger partial charge in [-0.3, -0.25) is 9.69 Å². The van der Waals surface area contributed by atoms with E-state index in [1.807, 2.05) is 0 Å². The normalized spacial score (nSPS) is 15.2. The number of amides is 2. The Hall–Kier alpha value is -4.40.